The summed E-state index contributed by atoms with van der Waals surface area (Å²) in [6.07, 6.45) is 24.6. The summed E-state index contributed by atoms with van der Waals surface area (Å²) in [6.45, 7) is 8.38. The van der Waals surface area contributed by atoms with Crippen LogP contribution in [0.2, 0.25) is 0 Å². The highest BCUT2D eigenvalue weighted by atomic mass is 14.5. The zero-order chi connectivity index (χ0) is 25.0. The first-order chi connectivity index (χ1) is 16.6. The smallest absolute Gasteiger partial charge is 0.00773 e. The second-order valence-electron chi connectivity index (χ2n) is 11.9. The molecule has 0 aromatic heterocycles. The molecule has 2 aliphatic carbocycles. The predicted molar refractivity (Wildman–Crippen MR) is 152 cm³/mol. The topological polar surface area (TPSA) is 104 Å². The maximum atomic E-state index is 5.58. The van der Waals surface area contributed by atoms with E-state index in [1.807, 2.05) is 0 Å². The Hall–Kier alpha value is -0.160. The van der Waals surface area contributed by atoms with Gasteiger partial charge in [-0.05, 0) is 93.8 Å². The molecule has 5 unspecified atom stereocenters. The number of unbranched alkanes of at least 4 members (excludes halogenated alkanes) is 4. The van der Waals surface area contributed by atoms with Crippen molar-refractivity contribution in [2.24, 2.45) is 58.4 Å². The molecule has 0 spiro atoms. The highest BCUT2D eigenvalue weighted by molar-refractivity contribution is 4.80. The Morgan fingerprint density at radius 2 is 0.941 bits per heavy atom. The van der Waals surface area contributed by atoms with Gasteiger partial charge in [0.25, 0.3) is 0 Å². The van der Waals surface area contributed by atoms with Crippen LogP contribution >= 0.6 is 0 Å². The van der Waals surface area contributed by atoms with Gasteiger partial charge in [0.05, 0.1) is 0 Å². The molecule has 0 aliphatic heterocycles. The Morgan fingerprint density at radius 3 is 1.41 bits per heavy atom. The fraction of sp³-hybridized carbons (Fsp3) is 1.00. The van der Waals surface area contributed by atoms with Crippen LogP contribution in [0.15, 0.2) is 0 Å². The quantitative estimate of drug-likeness (QED) is 0.187. The number of hydrogen-bond donors (Lipinski definition) is 4. The molecule has 0 saturated heterocycles. The van der Waals surface area contributed by atoms with E-state index in [9.17, 15) is 0 Å². The van der Waals surface area contributed by atoms with Crippen LogP contribution in [0.1, 0.15) is 129 Å². The van der Waals surface area contributed by atoms with Gasteiger partial charge >= 0.3 is 0 Å². The van der Waals surface area contributed by atoms with Crippen molar-refractivity contribution in [1.29, 1.82) is 0 Å². The highest BCUT2D eigenvalue weighted by Gasteiger charge is 2.29. The van der Waals surface area contributed by atoms with Crippen LogP contribution in [0.25, 0.3) is 0 Å². The molecule has 0 aromatic rings. The second-order valence-corrected chi connectivity index (χ2v) is 11.9. The summed E-state index contributed by atoms with van der Waals surface area (Å²) in [6, 6.07) is 0. The zero-order valence-electron chi connectivity index (χ0n) is 23.3. The molecule has 34 heavy (non-hydrogen) atoms. The van der Waals surface area contributed by atoms with Crippen molar-refractivity contribution in [3.63, 3.8) is 0 Å². The van der Waals surface area contributed by atoms with E-state index in [0.717, 1.165) is 61.7 Å². The van der Waals surface area contributed by atoms with E-state index < -0.39 is 0 Å². The maximum absolute atomic E-state index is 5.58. The first-order valence-corrected chi connectivity index (χ1v) is 15.4. The van der Waals surface area contributed by atoms with E-state index in [2.05, 4.69) is 13.8 Å². The molecule has 8 N–H and O–H groups in total. The van der Waals surface area contributed by atoms with Crippen molar-refractivity contribution in [3.8, 4) is 0 Å². The van der Waals surface area contributed by atoms with Crippen LogP contribution in [0, 0.1) is 35.5 Å². The first kappa shape index (κ1) is 31.9. The van der Waals surface area contributed by atoms with Gasteiger partial charge < -0.3 is 22.9 Å². The first-order valence-electron chi connectivity index (χ1n) is 15.4. The molecular weight excluding hydrogens is 416 g/mol. The SMILES string of the molecule is CC1C(CCCCN)CCCC1CCCCN.CC1CCC(CCCCN)CC1CCCCN. The van der Waals surface area contributed by atoms with Crippen LogP contribution in [0.5, 0.6) is 0 Å². The van der Waals surface area contributed by atoms with Crippen LogP contribution in [0.3, 0.4) is 0 Å². The minimum absolute atomic E-state index is 0.862. The second kappa shape index (κ2) is 21.0. The van der Waals surface area contributed by atoms with Gasteiger partial charge in [-0.25, -0.2) is 0 Å². The summed E-state index contributed by atoms with van der Waals surface area (Å²) in [5.41, 5.74) is 22.3. The number of nitrogens with two attached hydrogens (primary N) is 4. The van der Waals surface area contributed by atoms with Crippen molar-refractivity contribution in [2.75, 3.05) is 26.2 Å². The number of hydrogen-bond acceptors (Lipinski definition) is 4. The standard InChI is InChI=1S/2C15H32N2/c1-13-14(7-2-4-11-16)9-6-10-15(13)8-3-5-12-17;1-13-8-9-14(6-2-4-10-16)12-15(13)7-3-5-11-17/h2*13-15H,2-12,16-17H2,1H3. The van der Waals surface area contributed by atoms with Gasteiger partial charge in [0.15, 0.2) is 0 Å². The molecule has 0 bridgehead atoms. The lowest BCUT2D eigenvalue weighted by atomic mass is 9.69. The van der Waals surface area contributed by atoms with Crippen LogP contribution in [-0.4, -0.2) is 26.2 Å². The van der Waals surface area contributed by atoms with Gasteiger partial charge in [-0.15, -0.1) is 0 Å². The molecule has 0 amide bonds. The Labute approximate surface area is 214 Å². The molecule has 4 heteroatoms. The Balaban J connectivity index is 0.000000340. The van der Waals surface area contributed by atoms with Crippen molar-refractivity contribution in [1.82, 2.24) is 0 Å². The lowest BCUT2D eigenvalue weighted by molar-refractivity contribution is 0.147. The minimum Gasteiger partial charge on any atom is -0.330 e. The van der Waals surface area contributed by atoms with Gasteiger partial charge in [-0.2, -0.15) is 0 Å². The van der Waals surface area contributed by atoms with Gasteiger partial charge in [-0.1, -0.05) is 97.3 Å². The fourth-order valence-corrected chi connectivity index (χ4v) is 6.77. The zero-order valence-corrected chi connectivity index (χ0v) is 23.3. The van der Waals surface area contributed by atoms with Gasteiger partial charge in [-0.3, -0.25) is 0 Å². The lowest BCUT2D eigenvalue weighted by Crippen LogP contribution is -2.26. The molecule has 2 aliphatic rings. The summed E-state index contributed by atoms with van der Waals surface area (Å²) in [4.78, 5) is 0. The summed E-state index contributed by atoms with van der Waals surface area (Å²) < 4.78 is 0. The third-order valence-corrected chi connectivity index (χ3v) is 9.26. The largest absolute Gasteiger partial charge is 0.330 e. The molecule has 0 aromatic carbocycles. The Morgan fingerprint density at radius 1 is 0.500 bits per heavy atom. The van der Waals surface area contributed by atoms with E-state index in [4.69, 9.17) is 22.9 Å². The maximum Gasteiger partial charge on any atom is -0.00773 e. The van der Waals surface area contributed by atoms with Gasteiger partial charge in [0.2, 0.25) is 0 Å². The summed E-state index contributed by atoms with van der Waals surface area (Å²) >= 11 is 0. The van der Waals surface area contributed by atoms with Crippen molar-refractivity contribution >= 4 is 0 Å². The summed E-state index contributed by atoms with van der Waals surface area (Å²) in [5, 5.41) is 0. The molecular formula is C30H64N4. The third-order valence-electron chi connectivity index (χ3n) is 9.26. The van der Waals surface area contributed by atoms with Crippen molar-refractivity contribution in [3.05, 3.63) is 0 Å². The number of rotatable bonds is 16. The van der Waals surface area contributed by atoms with Crippen LogP contribution in [0.4, 0.5) is 0 Å². The fourth-order valence-electron chi connectivity index (χ4n) is 6.77. The van der Waals surface area contributed by atoms with Gasteiger partial charge in [0, 0.05) is 0 Å². The molecule has 2 saturated carbocycles. The monoisotopic (exact) mass is 481 g/mol. The van der Waals surface area contributed by atoms with Crippen LogP contribution < -0.4 is 22.9 Å². The van der Waals surface area contributed by atoms with Crippen LogP contribution in [-0.2, 0) is 0 Å². The summed E-state index contributed by atoms with van der Waals surface area (Å²) in [7, 11) is 0. The van der Waals surface area contributed by atoms with E-state index in [-0.39, 0.29) is 0 Å². The molecule has 2 fully saturated rings. The predicted octanol–water partition coefficient (Wildman–Crippen LogP) is 6.59. The molecule has 0 heterocycles. The Kier molecular flexibility index (Phi) is 19.7. The normalized spacial score (nSPS) is 29.5. The molecule has 204 valence electrons. The minimum atomic E-state index is 0.862. The molecule has 5 atom stereocenters. The molecule has 2 rings (SSSR count). The van der Waals surface area contributed by atoms with E-state index >= 15 is 0 Å². The van der Waals surface area contributed by atoms with E-state index in [1.54, 1.807) is 0 Å². The average Bonchev–Trinajstić information content (AvgIpc) is 2.84. The van der Waals surface area contributed by atoms with Crippen molar-refractivity contribution < 1.29 is 0 Å². The van der Waals surface area contributed by atoms with Crippen molar-refractivity contribution in [2.45, 2.75) is 129 Å². The third kappa shape index (κ3) is 13.8. The van der Waals surface area contributed by atoms with Gasteiger partial charge in [0.1, 0.15) is 0 Å². The average molecular weight is 481 g/mol. The lowest BCUT2D eigenvalue weighted by Gasteiger charge is -2.36. The molecule has 0 radical (unpaired) electrons. The highest BCUT2D eigenvalue weighted by Crippen LogP contribution is 2.40. The van der Waals surface area contributed by atoms with E-state index in [1.165, 1.54) is 116 Å². The summed E-state index contributed by atoms with van der Waals surface area (Å²) in [5.74, 6) is 5.77. The Bertz CT molecular complexity index is 415. The van der Waals surface area contributed by atoms with E-state index in [0.29, 0.717) is 0 Å². The molecule has 4 nitrogen and oxygen atoms in total.